The molecule has 1 aliphatic heterocycles. The van der Waals surface area contributed by atoms with Gasteiger partial charge in [0.1, 0.15) is 12.4 Å². The number of thiocarbonyl (C=S) groups is 1. The van der Waals surface area contributed by atoms with Gasteiger partial charge in [0.05, 0.1) is 32.9 Å². The van der Waals surface area contributed by atoms with Gasteiger partial charge < -0.3 is 29.2 Å². The molecule has 0 aromatic heterocycles. The highest BCUT2D eigenvalue weighted by atomic mass is 32.1. The molecule has 0 spiro atoms. The van der Waals surface area contributed by atoms with E-state index in [2.05, 4.69) is 17.1 Å². The van der Waals surface area contributed by atoms with E-state index in [-0.39, 0.29) is 12.0 Å². The minimum atomic E-state index is -0.376. The number of fused-ring (bicyclic) bond motifs is 1. The molecule has 2 aromatic rings. The van der Waals surface area contributed by atoms with Crippen molar-refractivity contribution < 1.29 is 23.7 Å². The molecule has 0 bridgehead atoms. The maximum atomic E-state index is 11.7. The van der Waals surface area contributed by atoms with E-state index in [9.17, 15) is 4.79 Å². The lowest BCUT2D eigenvalue weighted by molar-refractivity contribution is 0.0600. The lowest BCUT2D eigenvalue weighted by atomic mass is 9.92. The molecule has 0 saturated carbocycles. The summed E-state index contributed by atoms with van der Waals surface area (Å²) in [5, 5.41) is 4.11. The number of benzene rings is 2. The topological polar surface area (TPSA) is 69.3 Å². The molecular formula is C25H32N2O5S. The van der Waals surface area contributed by atoms with Crippen molar-refractivity contribution in [3.8, 4) is 17.2 Å². The summed E-state index contributed by atoms with van der Waals surface area (Å²) in [4.78, 5) is 13.9. The van der Waals surface area contributed by atoms with Gasteiger partial charge in [-0.3, -0.25) is 0 Å². The van der Waals surface area contributed by atoms with Crippen molar-refractivity contribution in [3.05, 3.63) is 53.1 Å². The van der Waals surface area contributed by atoms with Gasteiger partial charge >= 0.3 is 5.97 Å². The summed E-state index contributed by atoms with van der Waals surface area (Å²) in [6.07, 6.45) is 3.00. The fourth-order valence-corrected chi connectivity index (χ4v) is 4.23. The van der Waals surface area contributed by atoms with Gasteiger partial charge in [-0.2, -0.15) is 0 Å². The number of carbonyl (C=O) groups is 1. The number of hydrogen-bond acceptors (Lipinski definition) is 6. The van der Waals surface area contributed by atoms with Crippen LogP contribution in [0, 0.1) is 0 Å². The number of nitrogens with one attached hydrogen (secondary N) is 1. The quantitative estimate of drug-likeness (QED) is 0.332. The van der Waals surface area contributed by atoms with E-state index in [0.29, 0.717) is 29.4 Å². The van der Waals surface area contributed by atoms with Gasteiger partial charge in [0.25, 0.3) is 0 Å². The van der Waals surface area contributed by atoms with E-state index < -0.39 is 0 Å². The molecule has 33 heavy (non-hydrogen) atoms. The molecule has 0 fully saturated rings. The molecule has 1 atom stereocenters. The van der Waals surface area contributed by atoms with Crippen LogP contribution < -0.4 is 19.5 Å². The summed E-state index contributed by atoms with van der Waals surface area (Å²) in [5.74, 6) is 1.68. The zero-order chi connectivity index (χ0) is 23.8. The lowest BCUT2D eigenvalue weighted by Crippen LogP contribution is -2.47. The van der Waals surface area contributed by atoms with Crippen LogP contribution in [0.3, 0.4) is 0 Å². The van der Waals surface area contributed by atoms with Crippen molar-refractivity contribution in [1.82, 2.24) is 10.2 Å². The largest absolute Gasteiger partial charge is 0.493 e. The Balaban J connectivity index is 1.85. The van der Waals surface area contributed by atoms with Crippen molar-refractivity contribution in [2.24, 2.45) is 0 Å². The Morgan fingerprint density at radius 1 is 1.12 bits per heavy atom. The van der Waals surface area contributed by atoms with Gasteiger partial charge in [-0.25, -0.2) is 4.79 Å². The number of esters is 1. The van der Waals surface area contributed by atoms with Crippen molar-refractivity contribution in [3.63, 3.8) is 0 Å². The van der Waals surface area contributed by atoms with Crippen molar-refractivity contribution in [1.29, 1.82) is 0 Å². The van der Waals surface area contributed by atoms with Crippen LogP contribution in [0.2, 0.25) is 0 Å². The summed E-state index contributed by atoms with van der Waals surface area (Å²) in [6, 6.07) is 10.9. The zero-order valence-corrected chi connectivity index (χ0v) is 20.5. The SMILES string of the molecule is CCCCNC(=S)N1CCc2cc(OC)c(OC)cc2[C@@H]1COc1ccc(C(=O)OC)cc1. The third kappa shape index (κ3) is 5.87. The fourth-order valence-electron chi connectivity index (χ4n) is 3.90. The zero-order valence-electron chi connectivity index (χ0n) is 19.7. The maximum absolute atomic E-state index is 11.7. The van der Waals surface area contributed by atoms with E-state index in [1.165, 1.54) is 12.7 Å². The first-order valence-electron chi connectivity index (χ1n) is 11.1. The number of carbonyl (C=O) groups excluding carboxylic acids is 1. The second-order valence-electron chi connectivity index (χ2n) is 7.78. The van der Waals surface area contributed by atoms with Crippen molar-refractivity contribution in [2.75, 3.05) is 41.0 Å². The predicted molar refractivity (Wildman–Crippen MR) is 131 cm³/mol. The van der Waals surface area contributed by atoms with Crippen LogP contribution in [0.15, 0.2) is 36.4 Å². The highest BCUT2D eigenvalue weighted by Gasteiger charge is 2.31. The summed E-state index contributed by atoms with van der Waals surface area (Å²) in [6.45, 7) is 4.15. The van der Waals surface area contributed by atoms with Crippen molar-refractivity contribution in [2.45, 2.75) is 32.2 Å². The molecule has 3 rings (SSSR count). The van der Waals surface area contributed by atoms with E-state index in [1.54, 1.807) is 38.5 Å². The van der Waals surface area contributed by atoms with Gasteiger partial charge in [-0.05, 0) is 72.6 Å². The monoisotopic (exact) mass is 472 g/mol. The van der Waals surface area contributed by atoms with Crippen LogP contribution in [-0.4, -0.2) is 57.0 Å². The molecular weight excluding hydrogens is 440 g/mol. The Kier molecular flexibility index (Phi) is 8.77. The standard InChI is InChI=1S/C25H32N2O5S/c1-5-6-12-26-25(33)27-13-11-18-14-22(29-2)23(30-3)15-20(18)21(27)16-32-19-9-7-17(8-10-19)24(28)31-4/h7-10,14-15,21H,5-6,11-13,16H2,1-4H3,(H,26,33)/t21-/m0/s1. The Labute approximate surface area is 201 Å². The average Bonchev–Trinajstić information content (AvgIpc) is 2.86. The molecule has 7 nitrogen and oxygen atoms in total. The minimum Gasteiger partial charge on any atom is -0.493 e. The summed E-state index contributed by atoms with van der Waals surface area (Å²) >= 11 is 5.75. The van der Waals surface area contributed by atoms with Gasteiger partial charge in [0, 0.05) is 13.1 Å². The van der Waals surface area contributed by atoms with Gasteiger partial charge in [0.15, 0.2) is 16.6 Å². The van der Waals surface area contributed by atoms with Crippen LogP contribution in [0.1, 0.15) is 47.3 Å². The lowest BCUT2D eigenvalue weighted by Gasteiger charge is -2.39. The molecule has 0 aliphatic carbocycles. The Hall–Kier alpha value is -3.00. The highest BCUT2D eigenvalue weighted by molar-refractivity contribution is 7.80. The molecule has 178 valence electrons. The van der Waals surface area contributed by atoms with E-state index in [0.717, 1.165) is 43.0 Å². The molecule has 0 amide bonds. The molecule has 2 aromatic carbocycles. The van der Waals surface area contributed by atoms with Crippen LogP contribution in [0.4, 0.5) is 0 Å². The smallest absolute Gasteiger partial charge is 0.337 e. The molecule has 0 unspecified atom stereocenters. The first-order valence-corrected chi connectivity index (χ1v) is 11.5. The summed E-state index contributed by atoms with van der Waals surface area (Å²) in [5.41, 5.74) is 2.77. The number of ether oxygens (including phenoxy) is 4. The number of rotatable bonds is 9. The van der Waals surface area contributed by atoms with Gasteiger partial charge in [-0.1, -0.05) is 13.3 Å². The molecule has 1 aliphatic rings. The van der Waals surface area contributed by atoms with Crippen LogP contribution in [0.25, 0.3) is 0 Å². The van der Waals surface area contributed by atoms with Crippen molar-refractivity contribution >= 4 is 23.3 Å². The Morgan fingerprint density at radius 3 is 2.45 bits per heavy atom. The Bertz CT molecular complexity index is 964. The van der Waals surface area contributed by atoms with Crippen LogP contribution >= 0.6 is 12.2 Å². The van der Waals surface area contributed by atoms with Gasteiger partial charge in [-0.15, -0.1) is 0 Å². The first kappa shape index (κ1) is 24.6. The summed E-state index contributed by atoms with van der Waals surface area (Å²) < 4.78 is 22.0. The maximum Gasteiger partial charge on any atom is 0.337 e. The van der Waals surface area contributed by atoms with E-state index in [1.807, 2.05) is 12.1 Å². The minimum absolute atomic E-state index is 0.101. The van der Waals surface area contributed by atoms with Crippen LogP contribution in [0.5, 0.6) is 17.2 Å². The average molecular weight is 473 g/mol. The molecule has 0 saturated heterocycles. The molecule has 0 radical (unpaired) electrons. The Morgan fingerprint density at radius 2 is 1.82 bits per heavy atom. The molecule has 1 heterocycles. The number of methoxy groups -OCH3 is 3. The van der Waals surface area contributed by atoms with Gasteiger partial charge in [0.2, 0.25) is 0 Å². The molecule has 1 N–H and O–H groups in total. The number of unbranched alkanes of at least 4 members (excludes halogenated alkanes) is 1. The fraction of sp³-hybridized carbons (Fsp3) is 0.440. The first-order chi connectivity index (χ1) is 16.0. The molecule has 8 heteroatoms. The predicted octanol–water partition coefficient (Wildman–Crippen LogP) is 4.14. The normalized spacial score (nSPS) is 14.8. The number of nitrogens with zero attached hydrogens (tertiary/aromatic N) is 1. The summed E-state index contributed by atoms with van der Waals surface area (Å²) in [7, 11) is 4.64. The third-order valence-electron chi connectivity index (χ3n) is 5.75. The van der Waals surface area contributed by atoms with E-state index in [4.69, 9.17) is 31.2 Å². The highest BCUT2D eigenvalue weighted by Crippen LogP contribution is 2.38. The number of hydrogen-bond donors (Lipinski definition) is 1. The third-order valence-corrected chi connectivity index (χ3v) is 6.13. The van der Waals surface area contributed by atoms with Crippen LogP contribution in [-0.2, 0) is 11.2 Å². The second-order valence-corrected chi connectivity index (χ2v) is 8.16. The van der Waals surface area contributed by atoms with E-state index >= 15 is 0 Å². The second kappa shape index (κ2) is 11.7.